The fourth-order valence-electron chi connectivity index (χ4n) is 4.31. The minimum Gasteiger partial charge on any atom is -0.356 e. The molecule has 174 valence electrons. The first-order chi connectivity index (χ1) is 16.0. The predicted molar refractivity (Wildman–Crippen MR) is 131 cm³/mol. The zero-order valence-corrected chi connectivity index (χ0v) is 19.9. The fraction of sp³-hybridized carbons (Fsp3) is 0.423. The number of amides is 2. The van der Waals surface area contributed by atoms with Crippen LogP contribution in [0.4, 0.5) is 0 Å². The number of rotatable bonds is 8. The molecule has 7 heteroatoms. The Morgan fingerprint density at radius 3 is 2.58 bits per heavy atom. The number of piperidine rings is 1. The summed E-state index contributed by atoms with van der Waals surface area (Å²) >= 11 is 5.90. The normalized spacial score (nSPS) is 14.5. The van der Waals surface area contributed by atoms with E-state index in [4.69, 9.17) is 16.6 Å². The van der Waals surface area contributed by atoms with Gasteiger partial charge in [0, 0.05) is 31.1 Å². The first-order valence-electron chi connectivity index (χ1n) is 11.7. The molecule has 2 amide bonds. The second kappa shape index (κ2) is 10.8. The van der Waals surface area contributed by atoms with Crippen LogP contribution in [-0.2, 0) is 29.0 Å². The Labute approximate surface area is 199 Å². The van der Waals surface area contributed by atoms with Crippen LogP contribution in [0.2, 0.25) is 5.02 Å². The van der Waals surface area contributed by atoms with Gasteiger partial charge in [-0.15, -0.1) is 0 Å². The molecular weight excluding hydrogens is 436 g/mol. The Morgan fingerprint density at radius 2 is 1.82 bits per heavy atom. The number of aromatic nitrogens is 2. The number of halogens is 1. The second-order valence-corrected chi connectivity index (χ2v) is 9.36. The minimum atomic E-state index is -0.0136. The van der Waals surface area contributed by atoms with Crippen molar-refractivity contribution in [2.75, 3.05) is 19.6 Å². The second-order valence-electron chi connectivity index (χ2n) is 8.92. The van der Waals surface area contributed by atoms with Crippen molar-refractivity contribution in [3.8, 4) is 0 Å². The van der Waals surface area contributed by atoms with Crippen molar-refractivity contribution in [1.82, 2.24) is 19.8 Å². The molecule has 0 saturated carbocycles. The summed E-state index contributed by atoms with van der Waals surface area (Å²) in [7, 11) is 0. The van der Waals surface area contributed by atoms with E-state index in [1.807, 2.05) is 45.9 Å². The van der Waals surface area contributed by atoms with Gasteiger partial charge in [-0.25, -0.2) is 4.98 Å². The topological polar surface area (TPSA) is 67.2 Å². The van der Waals surface area contributed by atoms with E-state index in [2.05, 4.69) is 12.2 Å². The van der Waals surface area contributed by atoms with Crippen molar-refractivity contribution >= 4 is 34.4 Å². The maximum Gasteiger partial charge on any atom is 0.242 e. The van der Waals surface area contributed by atoms with Crippen LogP contribution in [0.5, 0.6) is 0 Å². The SMILES string of the molecule is CC1CCN(C(=O)Cn2c(CCCNC(=O)Cc3ccc(Cl)cc3)nc3ccccc32)CC1. The molecule has 1 N–H and O–H groups in total. The highest BCUT2D eigenvalue weighted by atomic mass is 35.5. The van der Waals surface area contributed by atoms with Gasteiger partial charge in [0.25, 0.3) is 0 Å². The van der Waals surface area contributed by atoms with E-state index in [1.165, 1.54) is 0 Å². The molecule has 0 unspecified atom stereocenters. The van der Waals surface area contributed by atoms with Crippen LogP contribution < -0.4 is 5.32 Å². The van der Waals surface area contributed by atoms with Crippen LogP contribution in [0.1, 0.15) is 37.6 Å². The largest absolute Gasteiger partial charge is 0.356 e. The molecule has 2 heterocycles. The third kappa shape index (κ3) is 6.14. The monoisotopic (exact) mass is 466 g/mol. The van der Waals surface area contributed by atoms with Gasteiger partial charge >= 0.3 is 0 Å². The molecule has 33 heavy (non-hydrogen) atoms. The van der Waals surface area contributed by atoms with Gasteiger partial charge in [-0.05, 0) is 55.0 Å². The highest BCUT2D eigenvalue weighted by Gasteiger charge is 2.22. The Bertz CT molecular complexity index is 1100. The number of para-hydroxylation sites is 2. The molecule has 1 fully saturated rings. The van der Waals surface area contributed by atoms with Crippen LogP contribution in [0, 0.1) is 5.92 Å². The smallest absolute Gasteiger partial charge is 0.242 e. The van der Waals surface area contributed by atoms with Gasteiger partial charge in [0.2, 0.25) is 11.8 Å². The molecule has 1 aliphatic heterocycles. The van der Waals surface area contributed by atoms with E-state index in [0.29, 0.717) is 36.9 Å². The first kappa shape index (κ1) is 23.3. The van der Waals surface area contributed by atoms with Crippen molar-refractivity contribution in [1.29, 1.82) is 0 Å². The number of carbonyl (C=O) groups excluding carboxylic acids is 2. The number of nitrogens with one attached hydrogen (secondary N) is 1. The van der Waals surface area contributed by atoms with Gasteiger partial charge in [-0.2, -0.15) is 0 Å². The van der Waals surface area contributed by atoms with Gasteiger partial charge in [0.05, 0.1) is 17.5 Å². The van der Waals surface area contributed by atoms with Gasteiger partial charge < -0.3 is 14.8 Å². The first-order valence-corrected chi connectivity index (χ1v) is 12.1. The lowest BCUT2D eigenvalue weighted by molar-refractivity contribution is -0.133. The Morgan fingerprint density at radius 1 is 1.09 bits per heavy atom. The molecule has 0 radical (unpaired) electrons. The summed E-state index contributed by atoms with van der Waals surface area (Å²) in [5.74, 6) is 1.72. The standard InChI is InChI=1S/C26H31ClN4O2/c1-19-12-15-30(16-13-19)26(33)18-31-23-6-3-2-5-22(23)29-24(31)7-4-14-28-25(32)17-20-8-10-21(27)11-9-20/h2-3,5-6,8-11,19H,4,7,12-18H2,1H3,(H,28,32). The third-order valence-corrected chi connectivity index (χ3v) is 6.59. The summed E-state index contributed by atoms with van der Waals surface area (Å²) in [5.41, 5.74) is 2.82. The molecule has 1 saturated heterocycles. The minimum absolute atomic E-state index is 0.0136. The maximum atomic E-state index is 13.0. The van der Waals surface area contributed by atoms with Crippen LogP contribution >= 0.6 is 11.6 Å². The summed E-state index contributed by atoms with van der Waals surface area (Å²) < 4.78 is 2.05. The molecule has 1 aliphatic rings. The molecule has 6 nitrogen and oxygen atoms in total. The molecular formula is C26H31ClN4O2. The van der Waals surface area contributed by atoms with E-state index >= 15 is 0 Å². The molecule has 0 bridgehead atoms. The number of aryl methyl sites for hydroxylation is 1. The number of fused-ring (bicyclic) bond motifs is 1. The number of likely N-dealkylation sites (tertiary alicyclic amines) is 1. The number of carbonyl (C=O) groups is 2. The molecule has 4 rings (SSSR count). The quantitative estimate of drug-likeness (QED) is 0.505. The Kier molecular flexibility index (Phi) is 7.65. The summed E-state index contributed by atoms with van der Waals surface area (Å²) in [6.07, 6.45) is 3.92. The van der Waals surface area contributed by atoms with Crippen molar-refractivity contribution in [2.45, 2.75) is 45.6 Å². The van der Waals surface area contributed by atoms with E-state index in [0.717, 1.165) is 54.8 Å². The van der Waals surface area contributed by atoms with Gasteiger partial charge in [-0.1, -0.05) is 42.8 Å². The molecule has 2 aromatic carbocycles. The number of nitrogens with zero attached hydrogens (tertiary/aromatic N) is 3. The fourth-order valence-corrected chi connectivity index (χ4v) is 4.44. The van der Waals surface area contributed by atoms with Crippen LogP contribution in [0.3, 0.4) is 0 Å². The van der Waals surface area contributed by atoms with Crippen molar-refractivity contribution < 1.29 is 9.59 Å². The summed E-state index contributed by atoms with van der Waals surface area (Å²) in [6, 6.07) is 15.3. The lowest BCUT2D eigenvalue weighted by Gasteiger charge is -2.30. The average Bonchev–Trinajstić information content (AvgIpc) is 3.16. The zero-order chi connectivity index (χ0) is 23.2. The maximum absolute atomic E-state index is 13.0. The Balaban J connectivity index is 1.34. The summed E-state index contributed by atoms with van der Waals surface area (Å²) in [6.45, 7) is 4.79. The molecule has 0 atom stereocenters. The molecule has 1 aromatic heterocycles. The molecule has 3 aromatic rings. The lowest BCUT2D eigenvalue weighted by atomic mass is 9.99. The van der Waals surface area contributed by atoms with Crippen molar-refractivity contribution in [2.24, 2.45) is 5.92 Å². The highest BCUT2D eigenvalue weighted by molar-refractivity contribution is 6.30. The lowest BCUT2D eigenvalue weighted by Crippen LogP contribution is -2.40. The van der Waals surface area contributed by atoms with Crippen LogP contribution in [0.25, 0.3) is 11.0 Å². The Hall–Kier alpha value is -2.86. The predicted octanol–water partition coefficient (Wildman–Crippen LogP) is 4.24. The van der Waals surface area contributed by atoms with Crippen molar-refractivity contribution in [3.63, 3.8) is 0 Å². The molecule has 0 spiro atoms. The third-order valence-electron chi connectivity index (χ3n) is 6.34. The zero-order valence-electron chi connectivity index (χ0n) is 19.1. The van der Waals surface area contributed by atoms with E-state index in [-0.39, 0.29) is 11.8 Å². The average molecular weight is 467 g/mol. The highest BCUT2D eigenvalue weighted by Crippen LogP contribution is 2.20. The van der Waals surface area contributed by atoms with Crippen molar-refractivity contribution in [3.05, 3.63) is 64.9 Å². The number of benzene rings is 2. The van der Waals surface area contributed by atoms with E-state index in [9.17, 15) is 9.59 Å². The number of imidazole rings is 1. The van der Waals surface area contributed by atoms with Gasteiger partial charge in [0.15, 0.2) is 0 Å². The van der Waals surface area contributed by atoms with E-state index < -0.39 is 0 Å². The van der Waals surface area contributed by atoms with Gasteiger partial charge in [0.1, 0.15) is 12.4 Å². The summed E-state index contributed by atoms with van der Waals surface area (Å²) in [4.78, 5) is 32.0. The molecule has 0 aliphatic carbocycles. The van der Waals surface area contributed by atoms with Gasteiger partial charge in [-0.3, -0.25) is 9.59 Å². The van der Waals surface area contributed by atoms with Crippen LogP contribution in [0.15, 0.2) is 48.5 Å². The van der Waals surface area contributed by atoms with Crippen LogP contribution in [-0.4, -0.2) is 45.9 Å². The number of hydrogen-bond donors (Lipinski definition) is 1. The van der Waals surface area contributed by atoms with E-state index in [1.54, 1.807) is 12.1 Å². The summed E-state index contributed by atoms with van der Waals surface area (Å²) in [5, 5.41) is 3.64. The number of hydrogen-bond acceptors (Lipinski definition) is 3.